The number of imidazole rings is 1. The summed E-state index contributed by atoms with van der Waals surface area (Å²) in [5.74, 6) is 0.532. The van der Waals surface area contributed by atoms with Gasteiger partial charge in [-0.15, -0.1) is 0 Å². The summed E-state index contributed by atoms with van der Waals surface area (Å²) >= 11 is 0. The molecule has 176 valence electrons. The number of rotatable bonds is 5. The Morgan fingerprint density at radius 1 is 0.889 bits per heavy atom. The lowest BCUT2D eigenvalue weighted by Gasteiger charge is -2.09. The van der Waals surface area contributed by atoms with Crippen molar-refractivity contribution in [3.05, 3.63) is 79.4 Å². The predicted molar refractivity (Wildman–Crippen MR) is 141 cm³/mol. The molecule has 6 rings (SSSR count). The highest BCUT2D eigenvalue weighted by Crippen LogP contribution is 2.33. The highest BCUT2D eigenvalue weighted by molar-refractivity contribution is 5.98. The molecule has 4 heterocycles. The fraction of sp³-hybridized carbons (Fsp3) is 0.107. The molecule has 0 bridgehead atoms. The summed E-state index contributed by atoms with van der Waals surface area (Å²) in [5.41, 5.74) is 8.07. The quantitative estimate of drug-likeness (QED) is 0.292. The maximum absolute atomic E-state index is 12.1. The number of nitrogens with zero attached hydrogens (tertiary/aromatic N) is 4. The van der Waals surface area contributed by atoms with Crippen LogP contribution in [0.1, 0.15) is 13.8 Å². The van der Waals surface area contributed by atoms with Gasteiger partial charge in [-0.2, -0.15) is 5.10 Å². The van der Waals surface area contributed by atoms with E-state index in [1.54, 1.807) is 24.8 Å². The third kappa shape index (κ3) is 3.88. The van der Waals surface area contributed by atoms with Gasteiger partial charge in [0.1, 0.15) is 5.69 Å². The normalized spacial score (nSPS) is 11.4. The number of hydrogen-bond donors (Lipinski definition) is 3. The first-order chi connectivity index (χ1) is 17.6. The molecule has 4 aromatic heterocycles. The van der Waals surface area contributed by atoms with E-state index in [0.29, 0.717) is 11.5 Å². The van der Waals surface area contributed by atoms with E-state index in [9.17, 15) is 4.79 Å². The molecule has 0 saturated carbocycles. The predicted octanol–water partition coefficient (Wildman–Crippen LogP) is 5.82. The first-order valence-corrected chi connectivity index (χ1v) is 11.7. The van der Waals surface area contributed by atoms with E-state index in [1.165, 1.54) is 0 Å². The number of carbonyl (C=O) groups is 1. The Labute approximate surface area is 206 Å². The lowest BCUT2D eigenvalue weighted by atomic mass is 10.0. The number of hydrogen-bond acceptors (Lipinski definition) is 5. The number of H-pyrrole nitrogens is 2. The van der Waals surface area contributed by atoms with Crippen LogP contribution in [0.15, 0.2) is 79.4 Å². The van der Waals surface area contributed by atoms with Gasteiger partial charge in [0.05, 0.1) is 28.4 Å². The van der Waals surface area contributed by atoms with E-state index in [4.69, 9.17) is 4.98 Å². The van der Waals surface area contributed by atoms with Crippen LogP contribution in [0, 0.1) is 5.92 Å². The molecule has 36 heavy (non-hydrogen) atoms. The molecule has 0 radical (unpaired) electrons. The Hall–Kier alpha value is -4.85. The largest absolute Gasteiger partial charge is 0.337 e. The maximum Gasteiger partial charge on any atom is 0.226 e. The summed E-state index contributed by atoms with van der Waals surface area (Å²) in [4.78, 5) is 28.9. The van der Waals surface area contributed by atoms with Crippen LogP contribution in [0.4, 0.5) is 5.69 Å². The van der Waals surface area contributed by atoms with Gasteiger partial charge in [-0.1, -0.05) is 32.0 Å². The molecule has 3 N–H and O–H groups in total. The number of anilines is 1. The molecule has 0 aliphatic heterocycles. The molecule has 6 aromatic rings. The average Bonchev–Trinajstić information content (AvgIpc) is 3.53. The number of pyridine rings is 2. The molecule has 1 amide bonds. The van der Waals surface area contributed by atoms with Crippen LogP contribution in [-0.4, -0.2) is 36.0 Å². The first kappa shape index (κ1) is 21.7. The maximum atomic E-state index is 12.1. The third-order valence-electron chi connectivity index (χ3n) is 6.15. The highest BCUT2D eigenvalue weighted by Gasteiger charge is 2.16. The van der Waals surface area contributed by atoms with Crippen LogP contribution < -0.4 is 5.32 Å². The molecular weight excluding hydrogens is 450 g/mol. The Kier molecular flexibility index (Phi) is 5.26. The first-order valence-electron chi connectivity index (χ1n) is 11.7. The number of benzene rings is 2. The molecule has 0 atom stereocenters. The van der Waals surface area contributed by atoms with Crippen LogP contribution in [0.25, 0.3) is 55.7 Å². The van der Waals surface area contributed by atoms with Crippen molar-refractivity contribution in [2.75, 3.05) is 5.32 Å². The Bertz CT molecular complexity index is 1720. The van der Waals surface area contributed by atoms with Crippen molar-refractivity contribution in [2.24, 2.45) is 5.92 Å². The van der Waals surface area contributed by atoms with Gasteiger partial charge in [0.15, 0.2) is 5.82 Å². The van der Waals surface area contributed by atoms with E-state index >= 15 is 0 Å². The van der Waals surface area contributed by atoms with Gasteiger partial charge in [0.25, 0.3) is 0 Å². The van der Waals surface area contributed by atoms with E-state index in [1.807, 2.05) is 56.3 Å². The lowest BCUT2D eigenvalue weighted by molar-refractivity contribution is -0.118. The molecule has 0 aliphatic rings. The van der Waals surface area contributed by atoms with Crippen LogP contribution in [0.2, 0.25) is 0 Å². The van der Waals surface area contributed by atoms with E-state index in [0.717, 1.165) is 49.9 Å². The minimum absolute atomic E-state index is 0.0439. The smallest absolute Gasteiger partial charge is 0.226 e. The van der Waals surface area contributed by atoms with Crippen molar-refractivity contribution in [1.82, 2.24) is 30.1 Å². The molecule has 8 nitrogen and oxygen atoms in total. The second-order valence-electron chi connectivity index (χ2n) is 8.96. The van der Waals surface area contributed by atoms with Crippen molar-refractivity contribution in [2.45, 2.75) is 13.8 Å². The van der Waals surface area contributed by atoms with Crippen molar-refractivity contribution >= 4 is 33.5 Å². The highest BCUT2D eigenvalue weighted by atomic mass is 16.1. The zero-order valence-electron chi connectivity index (χ0n) is 19.8. The molecule has 0 aliphatic carbocycles. The summed E-state index contributed by atoms with van der Waals surface area (Å²) in [7, 11) is 0. The monoisotopic (exact) mass is 473 g/mol. The van der Waals surface area contributed by atoms with Gasteiger partial charge in [0.2, 0.25) is 5.91 Å². The van der Waals surface area contributed by atoms with Crippen molar-refractivity contribution in [3.63, 3.8) is 0 Å². The SMILES string of the molecule is CC(C)C(=O)Nc1cncc(-c2ccc3[nH]nc(-c4nc5c(-c6ccncc6)cccc5[nH]4)c3c2)c1. The zero-order valence-corrected chi connectivity index (χ0v) is 19.8. The number of fused-ring (bicyclic) bond motifs is 2. The van der Waals surface area contributed by atoms with Gasteiger partial charge >= 0.3 is 0 Å². The van der Waals surface area contributed by atoms with Crippen molar-refractivity contribution < 1.29 is 4.79 Å². The van der Waals surface area contributed by atoms with Crippen LogP contribution in [0.3, 0.4) is 0 Å². The second-order valence-corrected chi connectivity index (χ2v) is 8.96. The summed E-state index contributed by atoms with van der Waals surface area (Å²) in [5, 5.41) is 11.5. The minimum Gasteiger partial charge on any atom is -0.337 e. The topological polar surface area (TPSA) is 112 Å². The standard InChI is InChI=1S/C28H23N7O/c1-16(2)28(36)31-20-12-19(14-30-15-20)18-6-7-23-22(13-18)26(35-34-23)27-32-24-5-3-4-21(25(24)33-27)17-8-10-29-11-9-17/h3-16H,1-2H3,(H,31,36)(H,32,33)(H,34,35). The lowest BCUT2D eigenvalue weighted by Crippen LogP contribution is -2.17. The Balaban J connectivity index is 1.41. The summed E-state index contributed by atoms with van der Waals surface area (Å²) in [6.07, 6.45) is 7.00. The summed E-state index contributed by atoms with van der Waals surface area (Å²) in [6.45, 7) is 3.72. The zero-order chi connectivity index (χ0) is 24.6. The van der Waals surface area contributed by atoms with Crippen LogP contribution >= 0.6 is 0 Å². The molecule has 0 fully saturated rings. The number of amides is 1. The summed E-state index contributed by atoms with van der Waals surface area (Å²) < 4.78 is 0. The van der Waals surface area contributed by atoms with Gasteiger partial charge < -0.3 is 10.3 Å². The number of para-hydroxylation sites is 1. The third-order valence-corrected chi connectivity index (χ3v) is 6.15. The summed E-state index contributed by atoms with van der Waals surface area (Å²) in [6, 6.07) is 18.0. The van der Waals surface area contributed by atoms with Crippen LogP contribution in [-0.2, 0) is 4.79 Å². The number of carbonyl (C=O) groups excluding carboxylic acids is 1. The number of aromatic amines is 2. The molecule has 2 aromatic carbocycles. The molecule has 8 heteroatoms. The number of aromatic nitrogens is 6. The molecule has 0 saturated heterocycles. The number of nitrogens with one attached hydrogen (secondary N) is 3. The molecular formula is C28H23N7O. The van der Waals surface area contributed by atoms with Gasteiger partial charge in [-0.25, -0.2) is 4.98 Å². The minimum atomic E-state index is -0.110. The fourth-order valence-electron chi connectivity index (χ4n) is 4.24. The fourth-order valence-corrected chi connectivity index (χ4v) is 4.24. The Morgan fingerprint density at radius 3 is 2.58 bits per heavy atom. The van der Waals surface area contributed by atoms with Crippen molar-refractivity contribution in [1.29, 1.82) is 0 Å². The molecule has 0 unspecified atom stereocenters. The van der Waals surface area contributed by atoms with Gasteiger partial charge in [0, 0.05) is 41.0 Å². The van der Waals surface area contributed by atoms with Gasteiger partial charge in [-0.3, -0.25) is 19.9 Å². The van der Waals surface area contributed by atoms with Gasteiger partial charge in [-0.05, 0) is 47.5 Å². The van der Waals surface area contributed by atoms with E-state index < -0.39 is 0 Å². The Morgan fingerprint density at radius 2 is 1.75 bits per heavy atom. The second kappa shape index (κ2) is 8.74. The van der Waals surface area contributed by atoms with Crippen molar-refractivity contribution in [3.8, 4) is 33.8 Å². The molecule has 0 spiro atoms. The van der Waals surface area contributed by atoms with E-state index in [2.05, 4.69) is 42.6 Å². The average molecular weight is 474 g/mol. The van der Waals surface area contributed by atoms with E-state index in [-0.39, 0.29) is 11.8 Å². The van der Waals surface area contributed by atoms with Crippen LogP contribution in [0.5, 0.6) is 0 Å².